The van der Waals surface area contributed by atoms with E-state index in [-0.39, 0.29) is 31.4 Å². The number of amides is 4. The predicted molar refractivity (Wildman–Crippen MR) is 142 cm³/mol. The lowest BCUT2D eigenvalue weighted by molar-refractivity contribution is -0.142. The molecule has 0 aliphatic rings. The van der Waals surface area contributed by atoms with Crippen molar-refractivity contribution in [3.8, 4) is 5.75 Å². The van der Waals surface area contributed by atoms with E-state index in [1.807, 2.05) is 6.26 Å². The van der Waals surface area contributed by atoms with Crippen LogP contribution >= 0.6 is 11.8 Å². The topological polar surface area (TPSA) is 251 Å². The molecule has 0 aliphatic carbocycles. The van der Waals surface area contributed by atoms with E-state index in [0.717, 1.165) is 0 Å². The number of carbonyl (C=O) groups is 6. The van der Waals surface area contributed by atoms with Crippen molar-refractivity contribution in [2.24, 2.45) is 11.5 Å². The number of aliphatic carboxylic acids is 2. The van der Waals surface area contributed by atoms with Crippen LogP contribution in [0.5, 0.6) is 5.75 Å². The van der Waals surface area contributed by atoms with E-state index >= 15 is 0 Å². The lowest BCUT2D eigenvalue weighted by atomic mass is 10.0. The summed E-state index contributed by atoms with van der Waals surface area (Å²) in [6, 6.07) is 0.475. The SMILES string of the molecule is CSCCC(N)C(=O)NC(CCC(=O)O)C(=O)NC(CCC(N)=O)C(=O)NC(Cc1ccc(O)cc1)C(=O)O. The molecule has 1 aromatic carbocycles. The number of carboxylic acid groups (broad SMARTS) is 2. The lowest BCUT2D eigenvalue weighted by Crippen LogP contribution is -2.57. The zero-order valence-corrected chi connectivity index (χ0v) is 22.2. The number of nitrogens with two attached hydrogens (primary N) is 2. The third kappa shape index (κ3) is 13.0. The van der Waals surface area contributed by atoms with Crippen molar-refractivity contribution in [3.05, 3.63) is 29.8 Å². The minimum absolute atomic E-state index is 0.0290. The fourth-order valence-corrected chi connectivity index (χ4v) is 3.85. The smallest absolute Gasteiger partial charge is 0.326 e. The van der Waals surface area contributed by atoms with Gasteiger partial charge >= 0.3 is 11.9 Å². The van der Waals surface area contributed by atoms with Crippen molar-refractivity contribution in [3.63, 3.8) is 0 Å². The molecular weight excluding hydrogens is 534 g/mol. The maximum absolute atomic E-state index is 13.0. The number of aromatic hydroxyl groups is 1. The van der Waals surface area contributed by atoms with Gasteiger partial charge in [-0.25, -0.2) is 4.79 Å². The van der Waals surface area contributed by atoms with Crippen LogP contribution in [-0.2, 0) is 35.2 Å². The Morgan fingerprint density at radius 2 is 1.33 bits per heavy atom. The first-order valence-electron chi connectivity index (χ1n) is 12.0. The van der Waals surface area contributed by atoms with Gasteiger partial charge in [-0.1, -0.05) is 12.1 Å². The first kappa shape index (κ1) is 33.2. The molecule has 14 nitrogen and oxygen atoms in total. The van der Waals surface area contributed by atoms with Gasteiger partial charge in [0.15, 0.2) is 0 Å². The van der Waals surface area contributed by atoms with Crippen LogP contribution in [0.4, 0.5) is 0 Å². The van der Waals surface area contributed by atoms with Crippen molar-refractivity contribution in [1.29, 1.82) is 0 Å². The molecule has 0 spiro atoms. The van der Waals surface area contributed by atoms with Crippen LogP contribution in [0.3, 0.4) is 0 Å². The number of carboxylic acids is 2. The second-order valence-electron chi connectivity index (χ2n) is 8.72. The van der Waals surface area contributed by atoms with Crippen LogP contribution in [0.25, 0.3) is 0 Å². The van der Waals surface area contributed by atoms with Crippen LogP contribution in [0.1, 0.15) is 37.7 Å². The van der Waals surface area contributed by atoms with Gasteiger partial charge in [-0.15, -0.1) is 0 Å². The van der Waals surface area contributed by atoms with Gasteiger partial charge in [0, 0.05) is 19.3 Å². The van der Waals surface area contributed by atoms with Gasteiger partial charge in [0.1, 0.15) is 23.9 Å². The number of hydrogen-bond donors (Lipinski definition) is 8. The van der Waals surface area contributed by atoms with Crippen LogP contribution in [0.15, 0.2) is 24.3 Å². The number of hydrogen-bond acceptors (Lipinski definition) is 9. The van der Waals surface area contributed by atoms with Crippen LogP contribution in [0, 0.1) is 0 Å². The molecule has 0 heterocycles. The number of phenolic OH excluding ortho intramolecular Hbond substituents is 1. The Bertz CT molecular complexity index is 1020. The van der Waals surface area contributed by atoms with E-state index in [1.165, 1.54) is 36.0 Å². The molecule has 1 aromatic rings. The number of rotatable bonds is 18. The van der Waals surface area contributed by atoms with Crippen molar-refractivity contribution >= 4 is 47.3 Å². The van der Waals surface area contributed by atoms with Gasteiger partial charge in [0.25, 0.3) is 0 Å². The molecular formula is C24H35N5O9S. The number of phenols is 1. The largest absolute Gasteiger partial charge is 0.508 e. The molecule has 0 radical (unpaired) electrons. The maximum Gasteiger partial charge on any atom is 0.326 e. The van der Waals surface area contributed by atoms with Gasteiger partial charge in [-0.3, -0.25) is 24.0 Å². The second-order valence-corrected chi connectivity index (χ2v) is 9.70. The fourth-order valence-electron chi connectivity index (χ4n) is 3.36. The Morgan fingerprint density at radius 3 is 1.82 bits per heavy atom. The maximum atomic E-state index is 13.0. The van der Waals surface area contributed by atoms with Gasteiger partial charge in [0.05, 0.1) is 6.04 Å². The summed E-state index contributed by atoms with van der Waals surface area (Å²) in [5, 5.41) is 35.1. The average molecular weight is 570 g/mol. The van der Waals surface area contributed by atoms with E-state index in [2.05, 4.69) is 16.0 Å². The van der Waals surface area contributed by atoms with Crippen LogP contribution in [-0.4, -0.2) is 87.1 Å². The average Bonchev–Trinajstić information content (AvgIpc) is 2.87. The first-order valence-corrected chi connectivity index (χ1v) is 13.4. The second kappa shape index (κ2) is 16.9. The highest BCUT2D eigenvalue weighted by Gasteiger charge is 2.31. The Hall–Kier alpha value is -3.85. The zero-order valence-electron chi connectivity index (χ0n) is 21.4. The summed E-state index contributed by atoms with van der Waals surface area (Å²) in [5.41, 5.74) is 11.5. The van der Waals surface area contributed by atoms with Gasteiger partial charge in [0.2, 0.25) is 23.6 Å². The normalized spacial score (nSPS) is 13.8. The summed E-state index contributed by atoms with van der Waals surface area (Å²) < 4.78 is 0. The Balaban J connectivity index is 3.06. The molecule has 15 heteroatoms. The van der Waals surface area contributed by atoms with E-state index in [9.17, 15) is 39.0 Å². The molecule has 0 fully saturated rings. The number of primary amides is 1. The number of nitrogens with one attached hydrogen (secondary N) is 3. The minimum atomic E-state index is -1.43. The standard InChI is InChI=1S/C24H35N5O9S/c1-39-11-10-15(25)21(34)27-17(7-9-20(32)33)22(35)28-16(6-8-19(26)31)23(36)29-18(24(37)38)12-13-2-4-14(30)5-3-13/h2-5,15-18,30H,6-12,25H2,1H3,(H2,26,31)(H,27,34)(H,28,35)(H,29,36)(H,32,33)(H,37,38). The summed E-state index contributed by atoms with van der Waals surface area (Å²) in [4.78, 5) is 72.7. The van der Waals surface area contributed by atoms with Crippen molar-refractivity contribution in [1.82, 2.24) is 16.0 Å². The Labute approximate surface area is 229 Å². The van der Waals surface area contributed by atoms with Crippen molar-refractivity contribution in [2.75, 3.05) is 12.0 Å². The van der Waals surface area contributed by atoms with E-state index in [0.29, 0.717) is 17.7 Å². The van der Waals surface area contributed by atoms with E-state index < -0.39 is 66.2 Å². The summed E-state index contributed by atoms with van der Waals surface area (Å²) >= 11 is 1.46. The first-order chi connectivity index (χ1) is 18.3. The summed E-state index contributed by atoms with van der Waals surface area (Å²) in [6.07, 6.45) is 0.565. The van der Waals surface area contributed by atoms with Crippen molar-refractivity contribution < 1.29 is 44.1 Å². The van der Waals surface area contributed by atoms with Crippen molar-refractivity contribution in [2.45, 2.75) is 62.7 Å². The quantitative estimate of drug-likeness (QED) is 0.103. The summed E-state index contributed by atoms with van der Waals surface area (Å²) in [7, 11) is 0. The molecule has 216 valence electrons. The molecule has 10 N–H and O–H groups in total. The molecule has 39 heavy (non-hydrogen) atoms. The molecule has 4 unspecified atom stereocenters. The summed E-state index contributed by atoms with van der Waals surface area (Å²) in [6.45, 7) is 0. The molecule has 4 amide bonds. The minimum Gasteiger partial charge on any atom is -0.508 e. The number of thioether (sulfide) groups is 1. The summed E-state index contributed by atoms with van der Waals surface area (Å²) in [5.74, 6) is -5.38. The molecule has 0 aromatic heterocycles. The highest BCUT2D eigenvalue weighted by atomic mass is 32.2. The van der Waals surface area contributed by atoms with Gasteiger partial charge in [-0.2, -0.15) is 11.8 Å². The predicted octanol–water partition coefficient (Wildman–Crippen LogP) is -1.32. The molecule has 0 aliphatic heterocycles. The zero-order chi connectivity index (χ0) is 29.5. The molecule has 0 saturated carbocycles. The van der Waals surface area contributed by atoms with E-state index in [4.69, 9.17) is 16.6 Å². The monoisotopic (exact) mass is 569 g/mol. The van der Waals surface area contributed by atoms with E-state index in [1.54, 1.807) is 0 Å². The molecule has 1 rings (SSSR count). The van der Waals surface area contributed by atoms with Crippen LogP contribution < -0.4 is 27.4 Å². The number of benzene rings is 1. The fraction of sp³-hybridized carbons (Fsp3) is 0.500. The highest BCUT2D eigenvalue weighted by Crippen LogP contribution is 2.12. The lowest BCUT2D eigenvalue weighted by Gasteiger charge is -2.25. The molecule has 0 saturated heterocycles. The van der Waals surface area contributed by atoms with Gasteiger partial charge < -0.3 is 42.7 Å². The Kier molecular flexibility index (Phi) is 14.4. The highest BCUT2D eigenvalue weighted by molar-refractivity contribution is 7.98. The Morgan fingerprint density at radius 1 is 0.821 bits per heavy atom. The third-order valence-electron chi connectivity index (χ3n) is 5.55. The third-order valence-corrected chi connectivity index (χ3v) is 6.20. The van der Waals surface area contributed by atoms with Crippen LogP contribution in [0.2, 0.25) is 0 Å². The molecule has 4 atom stereocenters. The molecule has 0 bridgehead atoms. The van der Waals surface area contributed by atoms with Gasteiger partial charge in [-0.05, 0) is 49.0 Å². The number of carbonyl (C=O) groups excluding carboxylic acids is 4.